The van der Waals surface area contributed by atoms with Gasteiger partial charge >= 0.3 is 0 Å². The zero-order valence-electron chi connectivity index (χ0n) is 17.2. The zero-order chi connectivity index (χ0) is 20.6. The van der Waals surface area contributed by atoms with Crippen molar-refractivity contribution in [1.29, 1.82) is 0 Å². The second-order valence-corrected chi connectivity index (χ2v) is 6.87. The Morgan fingerprint density at radius 3 is 2.70 bits per heavy atom. The van der Waals surface area contributed by atoms with Crippen LogP contribution >= 0.6 is 24.0 Å². The summed E-state index contributed by atoms with van der Waals surface area (Å²) in [5, 5.41) is 9.45. The van der Waals surface area contributed by atoms with Gasteiger partial charge in [-0.3, -0.25) is 9.79 Å². The SMILES string of the molecule is CCNC(=O)c1ccc(CNC(=NC)NC2CCN(c3ncccc3F)C2)cc1.I. The Labute approximate surface area is 193 Å². The zero-order valence-corrected chi connectivity index (χ0v) is 19.5. The molecule has 162 valence electrons. The number of benzene rings is 1. The molecule has 1 amide bonds. The van der Waals surface area contributed by atoms with Crippen LogP contribution in [0.2, 0.25) is 0 Å². The molecule has 0 radical (unpaired) electrons. The molecule has 0 spiro atoms. The van der Waals surface area contributed by atoms with Crippen molar-refractivity contribution >= 4 is 41.7 Å². The van der Waals surface area contributed by atoms with E-state index in [9.17, 15) is 9.18 Å². The molecule has 3 N–H and O–H groups in total. The van der Waals surface area contributed by atoms with Crippen LogP contribution in [0.3, 0.4) is 0 Å². The average Bonchev–Trinajstić information content (AvgIpc) is 3.20. The van der Waals surface area contributed by atoms with Gasteiger partial charge in [0.25, 0.3) is 5.91 Å². The Balaban J connectivity index is 0.00000320. The molecule has 1 aromatic carbocycles. The van der Waals surface area contributed by atoms with Crippen molar-refractivity contribution in [2.24, 2.45) is 4.99 Å². The fourth-order valence-corrected chi connectivity index (χ4v) is 3.29. The van der Waals surface area contributed by atoms with Gasteiger partial charge in [-0.2, -0.15) is 0 Å². The average molecular weight is 526 g/mol. The predicted octanol–water partition coefficient (Wildman–Crippen LogP) is 2.53. The first-order valence-corrected chi connectivity index (χ1v) is 9.80. The fraction of sp³-hybridized carbons (Fsp3) is 0.381. The van der Waals surface area contributed by atoms with Crippen molar-refractivity contribution in [3.8, 4) is 0 Å². The first-order valence-electron chi connectivity index (χ1n) is 9.80. The Hall–Kier alpha value is -2.43. The molecule has 2 aromatic rings. The van der Waals surface area contributed by atoms with E-state index >= 15 is 0 Å². The Morgan fingerprint density at radius 2 is 2.03 bits per heavy atom. The van der Waals surface area contributed by atoms with Crippen LogP contribution < -0.4 is 20.9 Å². The molecule has 3 rings (SSSR count). The number of carbonyl (C=O) groups excluding carboxylic acids is 1. The number of aliphatic imine (C=N–C) groups is 1. The third kappa shape index (κ3) is 6.28. The van der Waals surface area contributed by atoms with Crippen LogP contribution in [-0.2, 0) is 6.54 Å². The number of carbonyl (C=O) groups is 1. The Morgan fingerprint density at radius 1 is 1.27 bits per heavy atom. The molecular weight excluding hydrogens is 498 g/mol. The maximum absolute atomic E-state index is 13.9. The number of rotatable bonds is 6. The van der Waals surface area contributed by atoms with E-state index in [2.05, 4.69) is 25.9 Å². The number of nitrogens with one attached hydrogen (secondary N) is 3. The molecule has 1 aromatic heterocycles. The van der Waals surface area contributed by atoms with Gasteiger partial charge in [0.05, 0.1) is 0 Å². The van der Waals surface area contributed by atoms with Crippen LogP contribution in [-0.4, -0.2) is 49.6 Å². The van der Waals surface area contributed by atoms with Gasteiger partial charge in [-0.1, -0.05) is 12.1 Å². The number of pyridine rings is 1. The number of halogens is 2. The first-order chi connectivity index (χ1) is 14.1. The summed E-state index contributed by atoms with van der Waals surface area (Å²) in [4.78, 5) is 22.2. The van der Waals surface area contributed by atoms with Crippen LogP contribution in [0, 0.1) is 5.82 Å². The highest BCUT2D eigenvalue weighted by molar-refractivity contribution is 14.0. The molecule has 30 heavy (non-hydrogen) atoms. The first kappa shape index (κ1) is 23.8. The van der Waals surface area contributed by atoms with Crippen molar-refractivity contribution in [2.75, 3.05) is 31.6 Å². The van der Waals surface area contributed by atoms with E-state index < -0.39 is 0 Å². The van der Waals surface area contributed by atoms with Crippen molar-refractivity contribution in [2.45, 2.75) is 25.9 Å². The number of nitrogens with zero attached hydrogens (tertiary/aromatic N) is 3. The summed E-state index contributed by atoms with van der Waals surface area (Å²) in [7, 11) is 1.72. The normalized spacial score (nSPS) is 16.0. The molecule has 1 unspecified atom stereocenters. The summed E-state index contributed by atoms with van der Waals surface area (Å²) in [6.45, 7) is 4.49. The highest BCUT2D eigenvalue weighted by Crippen LogP contribution is 2.20. The monoisotopic (exact) mass is 526 g/mol. The topological polar surface area (TPSA) is 81.6 Å². The van der Waals surface area contributed by atoms with Gasteiger partial charge in [-0.15, -0.1) is 24.0 Å². The minimum atomic E-state index is -0.299. The molecule has 0 aliphatic carbocycles. The summed E-state index contributed by atoms with van der Waals surface area (Å²) in [6, 6.07) is 10.7. The second kappa shape index (κ2) is 11.7. The molecule has 2 heterocycles. The van der Waals surface area contributed by atoms with Crippen molar-refractivity contribution in [1.82, 2.24) is 20.9 Å². The summed E-state index contributed by atoms with van der Waals surface area (Å²) in [5.74, 6) is 0.712. The molecule has 7 nitrogen and oxygen atoms in total. The molecular formula is C21H28FIN6O. The van der Waals surface area contributed by atoms with Crippen LogP contribution in [0.4, 0.5) is 10.2 Å². The third-order valence-corrected chi connectivity index (χ3v) is 4.80. The highest BCUT2D eigenvalue weighted by Gasteiger charge is 2.25. The minimum absolute atomic E-state index is 0. The lowest BCUT2D eigenvalue weighted by atomic mass is 10.1. The Kier molecular flexibility index (Phi) is 9.28. The van der Waals surface area contributed by atoms with Crippen LogP contribution in [0.1, 0.15) is 29.3 Å². The van der Waals surface area contributed by atoms with Gasteiger partial charge in [0.15, 0.2) is 17.6 Å². The van der Waals surface area contributed by atoms with Gasteiger partial charge in [0.1, 0.15) is 0 Å². The predicted molar refractivity (Wildman–Crippen MR) is 128 cm³/mol. The smallest absolute Gasteiger partial charge is 0.251 e. The van der Waals surface area contributed by atoms with Crippen LogP contribution in [0.15, 0.2) is 47.6 Å². The molecule has 0 bridgehead atoms. The fourth-order valence-electron chi connectivity index (χ4n) is 3.29. The van der Waals surface area contributed by atoms with Crippen LogP contribution in [0.5, 0.6) is 0 Å². The molecule has 9 heteroatoms. The molecule has 1 aliphatic rings. The summed E-state index contributed by atoms with van der Waals surface area (Å²) >= 11 is 0. The van der Waals surface area contributed by atoms with E-state index in [1.165, 1.54) is 6.07 Å². The number of anilines is 1. The van der Waals surface area contributed by atoms with E-state index in [1.807, 2.05) is 36.1 Å². The van der Waals surface area contributed by atoms with E-state index in [0.29, 0.717) is 37.0 Å². The molecule has 1 fully saturated rings. The number of amides is 1. The van der Waals surface area contributed by atoms with E-state index in [4.69, 9.17) is 0 Å². The van der Waals surface area contributed by atoms with Crippen molar-refractivity contribution in [3.63, 3.8) is 0 Å². The largest absolute Gasteiger partial charge is 0.352 e. The number of guanidine groups is 1. The highest BCUT2D eigenvalue weighted by atomic mass is 127. The second-order valence-electron chi connectivity index (χ2n) is 6.87. The Bertz CT molecular complexity index is 861. The number of hydrogen-bond acceptors (Lipinski definition) is 4. The van der Waals surface area contributed by atoms with Gasteiger partial charge in [0, 0.05) is 51.0 Å². The molecule has 1 saturated heterocycles. The van der Waals surface area contributed by atoms with Crippen molar-refractivity contribution < 1.29 is 9.18 Å². The van der Waals surface area contributed by atoms with Gasteiger partial charge in [-0.05, 0) is 43.2 Å². The number of aromatic nitrogens is 1. The molecule has 1 atom stereocenters. The van der Waals surface area contributed by atoms with E-state index in [1.54, 1.807) is 19.3 Å². The van der Waals surface area contributed by atoms with Crippen LogP contribution in [0.25, 0.3) is 0 Å². The lowest BCUT2D eigenvalue weighted by molar-refractivity contribution is 0.0956. The molecule has 0 saturated carbocycles. The standard InChI is InChI=1S/C21H27FN6O.HI/c1-3-24-20(29)16-8-6-15(7-9-16)13-26-21(23-2)27-17-10-12-28(14-17)19-18(22)5-4-11-25-19;/h4-9,11,17H,3,10,12-14H2,1-2H3,(H,24,29)(H2,23,26,27);1H. The lowest BCUT2D eigenvalue weighted by Gasteiger charge is -2.20. The minimum Gasteiger partial charge on any atom is -0.352 e. The lowest BCUT2D eigenvalue weighted by Crippen LogP contribution is -2.44. The summed E-state index contributed by atoms with van der Waals surface area (Å²) in [5.41, 5.74) is 1.69. The third-order valence-electron chi connectivity index (χ3n) is 4.80. The molecule has 1 aliphatic heterocycles. The summed E-state index contributed by atoms with van der Waals surface area (Å²) < 4.78 is 13.9. The van der Waals surface area contributed by atoms with Gasteiger partial charge in [0.2, 0.25) is 0 Å². The maximum atomic E-state index is 13.9. The van der Waals surface area contributed by atoms with Gasteiger partial charge < -0.3 is 20.9 Å². The summed E-state index contributed by atoms with van der Waals surface area (Å²) in [6.07, 6.45) is 2.48. The van der Waals surface area contributed by atoms with E-state index in [0.717, 1.165) is 18.5 Å². The van der Waals surface area contributed by atoms with Gasteiger partial charge in [-0.25, -0.2) is 9.37 Å². The maximum Gasteiger partial charge on any atom is 0.251 e. The quantitative estimate of drug-likeness (QED) is 0.306. The van der Waals surface area contributed by atoms with E-state index in [-0.39, 0.29) is 41.7 Å². The van der Waals surface area contributed by atoms with Crippen molar-refractivity contribution in [3.05, 3.63) is 59.5 Å². The number of hydrogen-bond donors (Lipinski definition) is 3.